The van der Waals surface area contributed by atoms with Gasteiger partial charge in [-0.3, -0.25) is 9.89 Å². The number of aromatic nitrogens is 2. The SMILES string of the molecule is O=C(O)c1cccc2c(=O)n(C(=O)NCc3ccccc3C(F)(F)F)[nH]c12. The second kappa shape index (κ2) is 6.63. The number of benzene rings is 2. The molecule has 1 heterocycles. The zero-order valence-electron chi connectivity index (χ0n) is 13.5. The Kier molecular flexibility index (Phi) is 4.48. The molecular formula is C17H12F3N3O4. The summed E-state index contributed by atoms with van der Waals surface area (Å²) in [4.78, 5) is 35.7. The Bertz CT molecular complexity index is 1100. The van der Waals surface area contributed by atoms with Crippen molar-refractivity contribution in [2.24, 2.45) is 0 Å². The van der Waals surface area contributed by atoms with E-state index >= 15 is 0 Å². The predicted octanol–water partition coefficient (Wildman–Crippen LogP) is 2.80. The summed E-state index contributed by atoms with van der Waals surface area (Å²) < 4.78 is 39.5. The maximum Gasteiger partial charge on any atom is 0.416 e. The van der Waals surface area contributed by atoms with Crippen LogP contribution in [0, 0.1) is 0 Å². The van der Waals surface area contributed by atoms with Crippen molar-refractivity contribution in [3.05, 3.63) is 69.5 Å². The molecule has 0 aliphatic rings. The van der Waals surface area contributed by atoms with Crippen LogP contribution in [0.25, 0.3) is 10.9 Å². The summed E-state index contributed by atoms with van der Waals surface area (Å²) in [6.07, 6.45) is -4.59. The van der Waals surface area contributed by atoms with Crippen LogP contribution >= 0.6 is 0 Å². The van der Waals surface area contributed by atoms with Crippen molar-refractivity contribution >= 4 is 22.9 Å². The molecule has 0 saturated heterocycles. The molecule has 0 fully saturated rings. The average Bonchev–Trinajstić information content (AvgIpc) is 2.96. The van der Waals surface area contributed by atoms with Gasteiger partial charge >= 0.3 is 18.2 Å². The van der Waals surface area contributed by atoms with Crippen molar-refractivity contribution < 1.29 is 27.9 Å². The third-order valence-corrected chi connectivity index (χ3v) is 3.91. The van der Waals surface area contributed by atoms with E-state index in [-0.39, 0.29) is 22.0 Å². The van der Waals surface area contributed by atoms with Crippen LogP contribution in [0.15, 0.2) is 47.3 Å². The first-order chi connectivity index (χ1) is 12.7. The molecule has 0 aliphatic carbocycles. The minimum Gasteiger partial charge on any atom is -0.478 e. The van der Waals surface area contributed by atoms with Crippen LogP contribution < -0.4 is 10.9 Å². The van der Waals surface area contributed by atoms with Gasteiger partial charge in [-0.2, -0.15) is 17.9 Å². The van der Waals surface area contributed by atoms with Gasteiger partial charge in [-0.15, -0.1) is 0 Å². The molecule has 27 heavy (non-hydrogen) atoms. The van der Waals surface area contributed by atoms with Crippen molar-refractivity contribution in [3.63, 3.8) is 0 Å². The number of halogens is 3. The van der Waals surface area contributed by atoms with E-state index in [1.165, 1.54) is 36.4 Å². The van der Waals surface area contributed by atoms with Gasteiger partial charge in [0.25, 0.3) is 5.56 Å². The lowest BCUT2D eigenvalue weighted by atomic mass is 10.1. The number of carbonyl (C=O) groups is 2. The highest BCUT2D eigenvalue weighted by Crippen LogP contribution is 2.31. The second-order valence-electron chi connectivity index (χ2n) is 5.60. The number of rotatable bonds is 3. The summed E-state index contributed by atoms with van der Waals surface area (Å²) in [6.45, 7) is -0.470. The summed E-state index contributed by atoms with van der Waals surface area (Å²) in [5, 5.41) is 13.7. The number of amides is 1. The van der Waals surface area contributed by atoms with Crippen molar-refractivity contribution in [1.29, 1.82) is 0 Å². The minimum atomic E-state index is -4.59. The van der Waals surface area contributed by atoms with Gasteiger partial charge in [0.1, 0.15) is 0 Å². The first kappa shape index (κ1) is 18.2. The van der Waals surface area contributed by atoms with Gasteiger partial charge in [0.15, 0.2) is 0 Å². The molecule has 3 aromatic rings. The van der Waals surface area contributed by atoms with Crippen molar-refractivity contribution in [1.82, 2.24) is 15.1 Å². The minimum absolute atomic E-state index is 0.0271. The van der Waals surface area contributed by atoms with Crippen LogP contribution in [0.5, 0.6) is 0 Å². The molecule has 0 radical (unpaired) electrons. The second-order valence-corrected chi connectivity index (χ2v) is 5.60. The normalized spacial score (nSPS) is 11.5. The molecule has 0 aliphatic heterocycles. The van der Waals surface area contributed by atoms with Crippen molar-refractivity contribution in [3.8, 4) is 0 Å². The number of nitrogens with zero attached hydrogens (tertiary/aromatic N) is 1. The fraction of sp³-hybridized carbons (Fsp3) is 0.118. The van der Waals surface area contributed by atoms with Gasteiger partial charge in [0.2, 0.25) is 0 Å². The van der Waals surface area contributed by atoms with Gasteiger partial charge < -0.3 is 10.4 Å². The number of alkyl halides is 3. The maximum atomic E-state index is 13.0. The van der Waals surface area contributed by atoms with E-state index in [1.807, 2.05) is 0 Å². The molecule has 0 atom stereocenters. The number of carboxylic acids is 1. The lowest BCUT2D eigenvalue weighted by molar-refractivity contribution is -0.138. The molecule has 10 heteroatoms. The van der Waals surface area contributed by atoms with Gasteiger partial charge in [-0.25, -0.2) is 9.59 Å². The molecule has 0 spiro atoms. The first-order valence-electron chi connectivity index (χ1n) is 7.60. The highest BCUT2D eigenvalue weighted by Gasteiger charge is 2.32. The van der Waals surface area contributed by atoms with Gasteiger partial charge in [-0.1, -0.05) is 24.3 Å². The third-order valence-electron chi connectivity index (χ3n) is 3.91. The Morgan fingerprint density at radius 1 is 1.11 bits per heavy atom. The lowest BCUT2D eigenvalue weighted by Gasteiger charge is -2.13. The van der Waals surface area contributed by atoms with Gasteiger partial charge in [0, 0.05) is 6.54 Å². The molecule has 140 valence electrons. The fourth-order valence-electron chi connectivity index (χ4n) is 2.66. The highest BCUT2D eigenvalue weighted by molar-refractivity contribution is 6.02. The molecule has 1 aromatic heterocycles. The largest absolute Gasteiger partial charge is 0.478 e. The summed E-state index contributed by atoms with van der Waals surface area (Å²) in [6, 6.07) is 7.64. The number of fused-ring (bicyclic) bond motifs is 1. The molecule has 7 nitrogen and oxygen atoms in total. The molecule has 1 amide bonds. The lowest BCUT2D eigenvalue weighted by Crippen LogP contribution is -2.35. The Labute approximate surface area is 149 Å². The Balaban J connectivity index is 1.91. The maximum absolute atomic E-state index is 13.0. The summed E-state index contributed by atoms with van der Waals surface area (Å²) in [5.41, 5.74) is -2.15. The Morgan fingerprint density at radius 3 is 2.48 bits per heavy atom. The molecule has 0 saturated carbocycles. The van der Waals surface area contributed by atoms with E-state index in [1.54, 1.807) is 0 Å². The first-order valence-corrected chi connectivity index (χ1v) is 7.60. The smallest absolute Gasteiger partial charge is 0.416 e. The van der Waals surface area contributed by atoms with E-state index in [0.717, 1.165) is 6.07 Å². The molecule has 3 N–H and O–H groups in total. The topological polar surface area (TPSA) is 104 Å². The van der Waals surface area contributed by atoms with Crippen molar-refractivity contribution in [2.45, 2.75) is 12.7 Å². The molecular weight excluding hydrogens is 367 g/mol. The van der Waals surface area contributed by atoms with Crippen LogP contribution in [-0.4, -0.2) is 26.9 Å². The van der Waals surface area contributed by atoms with Gasteiger partial charge in [0.05, 0.1) is 22.0 Å². The van der Waals surface area contributed by atoms with E-state index in [4.69, 9.17) is 5.11 Å². The monoisotopic (exact) mass is 379 g/mol. The summed E-state index contributed by atoms with van der Waals surface area (Å²) >= 11 is 0. The average molecular weight is 379 g/mol. The number of aromatic carboxylic acids is 1. The summed E-state index contributed by atoms with van der Waals surface area (Å²) in [7, 11) is 0. The van der Waals surface area contributed by atoms with E-state index < -0.39 is 35.8 Å². The Morgan fingerprint density at radius 2 is 1.81 bits per heavy atom. The quantitative estimate of drug-likeness (QED) is 0.651. The number of H-pyrrole nitrogens is 1. The molecule has 2 aromatic carbocycles. The number of carboxylic acid groups (broad SMARTS) is 1. The number of aromatic amines is 1. The van der Waals surface area contributed by atoms with Crippen LogP contribution in [0.1, 0.15) is 21.5 Å². The van der Waals surface area contributed by atoms with Crippen LogP contribution in [0.2, 0.25) is 0 Å². The van der Waals surface area contributed by atoms with Crippen molar-refractivity contribution in [2.75, 3.05) is 0 Å². The number of carbonyl (C=O) groups excluding carboxylic acids is 1. The predicted molar refractivity (Wildman–Crippen MR) is 88.6 cm³/mol. The number of hydrogen-bond donors (Lipinski definition) is 3. The molecule has 0 bridgehead atoms. The fourth-order valence-corrected chi connectivity index (χ4v) is 2.66. The van der Waals surface area contributed by atoms with Gasteiger partial charge in [-0.05, 0) is 23.8 Å². The van der Waals surface area contributed by atoms with Crippen LogP contribution in [-0.2, 0) is 12.7 Å². The molecule has 3 rings (SSSR count). The van der Waals surface area contributed by atoms with Crippen LogP contribution in [0.3, 0.4) is 0 Å². The highest BCUT2D eigenvalue weighted by atomic mass is 19.4. The number of hydrogen-bond acceptors (Lipinski definition) is 3. The number of nitrogens with one attached hydrogen (secondary N) is 2. The standard InChI is InChI=1S/C17H12F3N3O4/c18-17(19,20)12-7-2-1-4-9(12)8-21-16(27)23-14(24)10-5-3-6-11(15(25)26)13(10)22-23/h1-7,22H,8H2,(H,21,27)(H,25,26). The van der Waals surface area contributed by atoms with E-state index in [2.05, 4.69) is 10.4 Å². The zero-order valence-corrected chi connectivity index (χ0v) is 13.5. The summed E-state index contributed by atoms with van der Waals surface area (Å²) in [5.74, 6) is -1.30. The third kappa shape index (κ3) is 3.41. The Hall–Kier alpha value is -3.56. The molecule has 0 unspecified atom stereocenters. The van der Waals surface area contributed by atoms with Crippen LogP contribution in [0.4, 0.5) is 18.0 Å². The number of para-hydroxylation sites is 1. The van der Waals surface area contributed by atoms with E-state index in [9.17, 15) is 27.6 Å². The van der Waals surface area contributed by atoms with E-state index in [0.29, 0.717) is 4.68 Å². The zero-order chi connectivity index (χ0) is 19.8.